The molecule has 0 aliphatic heterocycles. The fraction of sp³-hybridized carbons (Fsp3) is 0.278. The van der Waals surface area contributed by atoms with Gasteiger partial charge in [0.1, 0.15) is 0 Å². The van der Waals surface area contributed by atoms with Gasteiger partial charge in [-0.25, -0.2) is 0 Å². The fourth-order valence-electron chi connectivity index (χ4n) is 11.4. The molecule has 10 aromatic carbocycles. The molecule has 0 saturated carbocycles. The third kappa shape index (κ3) is 8.45. The van der Waals surface area contributed by atoms with E-state index in [1.165, 1.54) is 110 Å². The van der Waals surface area contributed by atoms with E-state index in [1.54, 1.807) is 0 Å². The molecule has 0 aliphatic carbocycles. The maximum atomic E-state index is 2.59. The standard InChI is InChI=1S/C72H74N2/c1-68(2,3)49-29-36-63(57(42-49)48-39-52(71(10,11)12)41-53(40-48)72(13,14)15)73(60-24-20-19-23-54(60)45-21-17-16-18-22-45)61-34-27-46-26-33-56-62(35-28-47-25-32-55(61)66(46)67(47)56)74-64-37-30-50(69(4,5)6)43-58(64)59-44-51(70(7,8)9)31-38-65(59)74/h16-44H,1-15H3. The van der Waals surface area contributed by atoms with E-state index in [-0.39, 0.29) is 27.1 Å². The van der Waals surface area contributed by atoms with E-state index in [4.69, 9.17) is 0 Å². The van der Waals surface area contributed by atoms with E-state index < -0.39 is 0 Å². The van der Waals surface area contributed by atoms with Crippen molar-refractivity contribution in [2.24, 2.45) is 0 Å². The van der Waals surface area contributed by atoms with Gasteiger partial charge in [0, 0.05) is 32.7 Å². The zero-order chi connectivity index (χ0) is 52.4. The fourth-order valence-corrected chi connectivity index (χ4v) is 11.4. The Labute approximate surface area is 441 Å². The van der Waals surface area contributed by atoms with Crippen molar-refractivity contribution in [3.63, 3.8) is 0 Å². The Morgan fingerprint density at radius 3 is 1.31 bits per heavy atom. The van der Waals surface area contributed by atoms with Crippen molar-refractivity contribution in [3.8, 4) is 27.9 Å². The zero-order valence-electron chi connectivity index (χ0n) is 46.6. The maximum absolute atomic E-state index is 2.59. The first-order valence-electron chi connectivity index (χ1n) is 26.9. The van der Waals surface area contributed by atoms with Crippen LogP contribution in [0.3, 0.4) is 0 Å². The van der Waals surface area contributed by atoms with Gasteiger partial charge >= 0.3 is 0 Å². The molecule has 0 unspecified atom stereocenters. The van der Waals surface area contributed by atoms with Crippen molar-refractivity contribution in [2.75, 3.05) is 4.90 Å². The number of rotatable bonds is 6. The second-order valence-corrected chi connectivity index (χ2v) is 26.4. The number of hydrogen-bond acceptors (Lipinski definition) is 1. The Morgan fingerprint density at radius 1 is 0.297 bits per heavy atom. The molecule has 0 spiro atoms. The molecule has 0 bridgehead atoms. The van der Waals surface area contributed by atoms with E-state index in [1.807, 2.05) is 0 Å². The van der Waals surface area contributed by atoms with E-state index in [0.717, 1.165) is 17.1 Å². The molecular weight excluding hydrogens is 893 g/mol. The lowest BCUT2D eigenvalue weighted by Gasteiger charge is -2.33. The summed E-state index contributed by atoms with van der Waals surface area (Å²) >= 11 is 0. The minimum atomic E-state index is -0.0701. The van der Waals surface area contributed by atoms with Crippen molar-refractivity contribution >= 4 is 71.2 Å². The molecule has 0 N–H and O–H groups in total. The van der Waals surface area contributed by atoms with E-state index in [0.29, 0.717) is 0 Å². The average Bonchev–Trinajstić information content (AvgIpc) is 3.68. The Bertz CT molecular complexity index is 3850. The summed E-state index contributed by atoms with van der Waals surface area (Å²) in [7, 11) is 0. The average molecular weight is 967 g/mol. The number of fused-ring (bicyclic) bond motifs is 3. The van der Waals surface area contributed by atoms with E-state index >= 15 is 0 Å². The Morgan fingerprint density at radius 2 is 0.743 bits per heavy atom. The first-order valence-corrected chi connectivity index (χ1v) is 26.9. The molecule has 11 aromatic rings. The molecule has 1 aromatic heterocycles. The number of para-hydroxylation sites is 1. The molecule has 11 rings (SSSR count). The van der Waals surface area contributed by atoms with Gasteiger partial charge in [-0.1, -0.05) is 225 Å². The topological polar surface area (TPSA) is 8.17 Å². The molecule has 1 heterocycles. The maximum Gasteiger partial charge on any atom is 0.0541 e. The minimum absolute atomic E-state index is 0.0195. The van der Waals surface area contributed by atoms with Crippen LogP contribution in [0.15, 0.2) is 176 Å². The van der Waals surface area contributed by atoms with Gasteiger partial charge in [-0.05, 0) is 142 Å². The predicted molar refractivity (Wildman–Crippen MR) is 324 cm³/mol. The van der Waals surface area contributed by atoms with Crippen molar-refractivity contribution in [1.82, 2.24) is 4.57 Å². The highest BCUT2D eigenvalue weighted by Gasteiger charge is 2.29. The van der Waals surface area contributed by atoms with Crippen LogP contribution < -0.4 is 4.90 Å². The van der Waals surface area contributed by atoms with Gasteiger partial charge in [-0.3, -0.25) is 0 Å². The minimum Gasteiger partial charge on any atom is -0.309 e. The summed E-state index contributed by atoms with van der Waals surface area (Å²) in [6, 6.07) is 67.9. The SMILES string of the molecule is CC(C)(C)c1cc(-c2cc(C(C)(C)C)ccc2N(c2ccccc2-c2ccccc2)c2ccc3ccc4c(-n5c6ccc(C(C)(C)C)cc6c6cc(C(C)(C)C)ccc65)ccc5ccc2c3c54)cc(C(C)(C)C)c1. The molecule has 372 valence electrons. The highest BCUT2D eigenvalue weighted by atomic mass is 15.1. The van der Waals surface area contributed by atoms with Crippen LogP contribution in [0.1, 0.15) is 132 Å². The number of nitrogens with zero attached hydrogens (tertiary/aromatic N) is 2. The van der Waals surface area contributed by atoms with Gasteiger partial charge in [0.25, 0.3) is 0 Å². The van der Waals surface area contributed by atoms with Gasteiger partial charge < -0.3 is 9.47 Å². The van der Waals surface area contributed by atoms with E-state index in [9.17, 15) is 0 Å². The summed E-state index contributed by atoms with van der Waals surface area (Å²) in [6.45, 7) is 35.0. The summed E-state index contributed by atoms with van der Waals surface area (Å²) in [5, 5.41) is 10.1. The highest BCUT2D eigenvalue weighted by molar-refractivity contribution is 6.28. The van der Waals surface area contributed by atoms with Gasteiger partial charge in [-0.15, -0.1) is 0 Å². The molecule has 0 fully saturated rings. The summed E-state index contributed by atoms with van der Waals surface area (Å²) in [4.78, 5) is 2.59. The molecule has 2 nitrogen and oxygen atoms in total. The zero-order valence-corrected chi connectivity index (χ0v) is 46.6. The van der Waals surface area contributed by atoms with Crippen LogP contribution in [-0.2, 0) is 27.1 Å². The smallest absolute Gasteiger partial charge is 0.0541 e. The third-order valence-electron chi connectivity index (χ3n) is 15.9. The Hall–Kier alpha value is -7.16. The van der Waals surface area contributed by atoms with Crippen LogP contribution in [0, 0.1) is 0 Å². The van der Waals surface area contributed by atoms with Crippen LogP contribution >= 0.6 is 0 Å². The molecule has 2 heteroatoms. The van der Waals surface area contributed by atoms with Crippen molar-refractivity contribution < 1.29 is 0 Å². The van der Waals surface area contributed by atoms with Crippen LogP contribution in [0.2, 0.25) is 0 Å². The van der Waals surface area contributed by atoms with Crippen molar-refractivity contribution in [2.45, 2.75) is 131 Å². The third-order valence-corrected chi connectivity index (χ3v) is 15.9. The number of aromatic nitrogens is 1. The molecule has 0 radical (unpaired) electrons. The second kappa shape index (κ2) is 17.2. The molecular formula is C72H74N2. The highest BCUT2D eigenvalue weighted by Crippen LogP contribution is 2.51. The van der Waals surface area contributed by atoms with Crippen LogP contribution in [0.5, 0.6) is 0 Å². The molecule has 0 amide bonds. The van der Waals surface area contributed by atoms with E-state index in [2.05, 4.69) is 289 Å². The second-order valence-electron chi connectivity index (χ2n) is 26.4. The lowest BCUT2D eigenvalue weighted by molar-refractivity contribution is 0.569. The Kier molecular flexibility index (Phi) is 11.4. The molecule has 0 aliphatic rings. The quantitative estimate of drug-likeness (QED) is 0.151. The van der Waals surface area contributed by atoms with Crippen molar-refractivity contribution in [3.05, 3.63) is 204 Å². The largest absolute Gasteiger partial charge is 0.309 e. The lowest BCUT2D eigenvalue weighted by Crippen LogP contribution is -2.18. The molecule has 0 atom stereocenters. The monoisotopic (exact) mass is 967 g/mol. The summed E-state index contributed by atoms with van der Waals surface area (Å²) < 4.78 is 2.54. The number of anilines is 3. The summed E-state index contributed by atoms with van der Waals surface area (Å²) in [5.74, 6) is 0. The van der Waals surface area contributed by atoms with Crippen molar-refractivity contribution in [1.29, 1.82) is 0 Å². The summed E-state index contributed by atoms with van der Waals surface area (Å²) in [5.41, 5.74) is 18.5. The normalized spacial score (nSPS) is 13.1. The van der Waals surface area contributed by atoms with Gasteiger partial charge in [0.05, 0.1) is 33.8 Å². The van der Waals surface area contributed by atoms with Crippen LogP contribution in [0.25, 0.3) is 82.1 Å². The number of hydrogen-bond donors (Lipinski definition) is 0. The number of benzene rings is 10. The van der Waals surface area contributed by atoms with Gasteiger partial charge in [0.15, 0.2) is 0 Å². The summed E-state index contributed by atoms with van der Waals surface area (Å²) in [6.07, 6.45) is 0. The Balaban J connectivity index is 1.23. The van der Waals surface area contributed by atoms with Gasteiger partial charge in [-0.2, -0.15) is 0 Å². The van der Waals surface area contributed by atoms with Crippen LogP contribution in [-0.4, -0.2) is 4.57 Å². The van der Waals surface area contributed by atoms with Crippen LogP contribution in [0.4, 0.5) is 17.1 Å². The molecule has 74 heavy (non-hydrogen) atoms. The van der Waals surface area contributed by atoms with Gasteiger partial charge in [0.2, 0.25) is 0 Å². The predicted octanol–water partition coefficient (Wildman–Crippen LogP) is 21.0. The first kappa shape index (κ1) is 49.1. The first-order chi connectivity index (χ1) is 34.9. The molecule has 0 saturated heterocycles. The lowest BCUT2D eigenvalue weighted by atomic mass is 9.78.